The number of aliphatic hydroxyl groups excluding tert-OH is 1. The van der Waals surface area contributed by atoms with E-state index in [9.17, 15) is 9.90 Å². The summed E-state index contributed by atoms with van der Waals surface area (Å²) in [7, 11) is 1.82. The third kappa shape index (κ3) is 1.77. The second kappa shape index (κ2) is 3.87. The molecule has 0 radical (unpaired) electrons. The van der Waals surface area contributed by atoms with Gasteiger partial charge in [0.25, 0.3) is 0 Å². The van der Waals surface area contributed by atoms with Crippen LogP contribution in [0.1, 0.15) is 19.3 Å². The van der Waals surface area contributed by atoms with Gasteiger partial charge in [-0.15, -0.1) is 0 Å². The van der Waals surface area contributed by atoms with Gasteiger partial charge in [0.05, 0.1) is 6.61 Å². The SMILES string of the molecule is CN1CCCN(C2CC2)C(CO)C1=O. The highest BCUT2D eigenvalue weighted by Crippen LogP contribution is 2.30. The van der Waals surface area contributed by atoms with E-state index in [1.807, 2.05) is 7.05 Å². The maximum absolute atomic E-state index is 11.8. The Morgan fingerprint density at radius 3 is 2.71 bits per heavy atom. The lowest BCUT2D eigenvalue weighted by Crippen LogP contribution is -2.48. The number of hydrogen-bond acceptors (Lipinski definition) is 3. The summed E-state index contributed by atoms with van der Waals surface area (Å²) >= 11 is 0. The van der Waals surface area contributed by atoms with Gasteiger partial charge in [-0.2, -0.15) is 0 Å². The number of rotatable bonds is 2. The number of aliphatic hydroxyl groups is 1. The van der Waals surface area contributed by atoms with Gasteiger partial charge in [-0.1, -0.05) is 0 Å². The fourth-order valence-electron chi connectivity index (χ4n) is 2.18. The second-order valence-electron chi connectivity index (χ2n) is 4.28. The highest BCUT2D eigenvalue weighted by molar-refractivity contribution is 5.82. The Kier molecular flexibility index (Phi) is 2.74. The average molecular weight is 198 g/mol. The van der Waals surface area contributed by atoms with Crippen LogP contribution >= 0.6 is 0 Å². The van der Waals surface area contributed by atoms with Crippen LogP contribution < -0.4 is 0 Å². The van der Waals surface area contributed by atoms with E-state index in [-0.39, 0.29) is 18.6 Å². The van der Waals surface area contributed by atoms with E-state index >= 15 is 0 Å². The van der Waals surface area contributed by atoms with Gasteiger partial charge >= 0.3 is 0 Å². The van der Waals surface area contributed by atoms with Crippen molar-refractivity contribution in [1.29, 1.82) is 0 Å². The fourth-order valence-corrected chi connectivity index (χ4v) is 2.18. The maximum atomic E-state index is 11.8. The van der Waals surface area contributed by atoms with Crippen LogP contribution in [0.3, 0.4) is 0 Å². The Morgan fingerprint density at radius 1 is 1.43 bits per heavy atom. The number of likely N-dealkylation sites (N-methyl/N-ethyl adjacent to an activating group) is 1. The van der Waals surface area contributed by atoms with Crippen LogP contribution in [0.25, 0.3) is 0 Å². The minimum atomic E-state index is -0.282. The zero-order valence-corrected chi connectivity index (χ0v) is 8.65. The first-order valence-corrected chi connectivity index (χ1v) is 5.35. The largest absolute Gasteiger partial charge is 0.394 e. The van der Waals surface area contributed by atoms with Crippen LogP contribution in [0.5, 0.6) is 0 Å². The number of hydrogen-bond donors (Lipinski definition) is 1. The molecule has 1 amide bonds. The molecule has 1 unspecified atom stereocenters. The van der Waals surface area contributed by atoms with Crippen molar-refractivity contribution in [1.82, 2.24) is 9.80 Å². The molecule has 80 valence electrons. The molecule has 2 aliphatic rings. The summed E-state index contributed by atoms with van der Waals surface area (Å²) in [4.78, 5) is 15.8. The molecule has 1 aliphatic carbocycles. The molecule has 0 aromatic carbocycles. The molecule has 4 heteroatoms. The minimum absolute atomic E-state index is 0.0420. The van der Waals surface area contributed by atoms with E-state index in [2.05, 4.69) is 4.90 Å². The third-order valence-electron chi connectivity index (χ3n) is 3.16. The molecule has 0 aromatic rings. The Morgan fingerprint density at radius 2 is 2.14 bits per heavy atom. The molecule has 1 saturated heterocycles. The molecular formula is C10H18N2O2. The Balaban J connectivity index is 2.11. The zero-order valence-electron chi connectivity index (χ0n) is 8.65. The van der Waals surface area contributed by atoms with Crippen LogP contribution in [0, 0.1) is 0 Å². The van der Waals surface area contributed by atoms with Crippen molar-refractivity contribution in [3.8, 4) is 0 Å². The van der Waals surface area contributed by atoms with Gasteiger partial charge in [0.2, 0.25) is 5.91 Å². The molecule has 1 saturated carbocycles. The first-order chi connectivity index (χ1) is 6.74. The summed E-state index contributed by atoms with van der Waals surface area (Å²) in [6.07, 6.45) is 3.40. The smallest absolute Gasteiger partial charge is 0.242 e. The zero-order chi connectivity index (χ0) is 10.1. The molecule has 1 heterocycles. The first-order valence-electron chi connectivity index (χ1n) is 5.35. The van der Waals surface area contributed by atoms with Gasteiger partial charge in [0.15, 0.2) is 0 Å². The molecule has 2 rings (SSSR count). The molecule has 0 spiro atoms. The molecule has 1 N–H and O–H groups in total. The Hall–Kier alpha value is -0.610. The van der Waals surface area contributed by atoms with Crippen molar-refractivity contribution in [3.05, 3.63) is 0 Å². The van der Waals surface area contributed by atoms with Crippen molar-refractivity contribution >= 4 is 5.91 Å². The minimum Gasteiger partial charge on any atom is -0.394 e. The monoisotopic (exact) mass is 198 g/mol. The third-order valence-corrected chi connectivity index (χ3v) is 3.16. The van der Waals surface area contributed by atoms with Gasteiger partial charge < -0.3 is 10.0 Å². The van der Waals surface area contributed by atoms with Crippen LogP contribution in [0.2, 0.25) is 0 Å². The number of carbonyl (C=O) groups is 1. The standard InChI is InChI=1S/C10H18N2O2/c1-11-5-2-6-12(8-3-4-8)9(7-13)10(11)14/h8-9,13H,2-7H2,1H3. The highest BCUT2D eigenvalue weighted by Gasteiger charge is 2.39. The van der Waals surface area contributed by atoms with E-state index in [1.165, 1.54) is 12.8 Å². The van der Waals surface area contributed by atoms with Crippen LogP contribution in [-0.4, -0.2) is 59.6 Å². The van der Waals surface area contributed by atoms with Crippen molar-refractivity contribution in [2.45, 2.75) is 31.3 Å². The lowest BCUT2D eigenvalue weighted by molar-refractivity contribution is -0.135. The highest BCUT2D eigenvalue weighted by atomic mass is 16.3. The lowest BCUT2D eigenvalue weighted by atomic mass is 10.2. The van der Waals surface area contributed by atoms with Crippen molar-refractivity contribution in [2.75, 3.05) is 26.7 Å². The van der Waals surface area contributed by atoms with Crippen LogP contribution in [-0.2, 0) is 4.79 Å². The van der Waals surface area contributed by atoms with Gasteiger partial charge in [0.1, 0.15) is 6.04 Å². The Labute approximate surface area is 84.5 Å². The normalized spacial score (nSPS) is 30.6. The summed E-state index contributed by atoms with van der Waals surface area (Å²) in [5.41, 5.74) is 0. The van der Waals surface area contributed by atoms with Gasteiger partial charge in [-0.05, 0) is 19.3 Å². The van der Waals surface area contributed by atoms with E-state index in [4.69, 9.17) is 0 Å². The molecule has 2 fully saturated rings. The molecule has 0 aromatic heterocycles. The lowest BCUT2D eigenvalue weighted by Gasteiger charge is -2.27. The van der Waals surface area contributed by atoms with Crippen molar-refractivity contribution in [3.63, 3.8) is 0 Å². The predicted octanol–water partition coefficient (Wildman–Crippen LogP) is -0.326. The summed E-state index contributed by atoms with van der Waals surface area (Å²) < 4.78 is 0. The van der Waals surface area contributed by atoms with Crippen LogP contribution in [0.4, 0.5) is 0 Å². The van der Waals surface area contributed by atoms with Crippen molar-refractivity contribution < 1.29 is 9.90 Å². The molecular weight excluding hydrogens is 180 g/mol. The van der Waals surface area contributed by atoms with E-state index < -0.39 is 0 Å². The summed E-state index contributed by atoms with van der Waals surface area (Å²) in [5.74, 6) is 0.0805. The number of nitrogens with zero attached hydrogens (tertiary/aromatic N) is 2. The van der Waals surface area contributed by atoms with Gasteiger partial charge in [0, 0.05) is 26.2 Å². The molecule has 0 bridgehead atoms. The fraction of sp³-hybridized carbons (Fsp3) is 0.900. The Bertz CT molecular complexity index is 228. The number of carbonyl (C=O) groups excluding carboxylic acids is 1. The average Bonchev–Trinajstić information content (AvgIpc) is 2.97. The summed E-state index contributed by atoms with van der Waals surface area (Å²) in [5, 5.41) is 9.26. The van der Waals surface area contributed by atoms with Gasteiger partial charge in [-0.25, -0.2) is 0 Å². The van der Waals surface area contributed by atoms with Gasteiger partial charge in [-0.3, -0.25) is 9.69 Å². The number of amides is 1. The quantitative estimate of drug-likeness (QED) is 0.661. The van der Waals surface area contributed by atoms with E-state index in [0.717, 1.165) is 19.5 Å². The summed E-state index contributed by atoms with van der Waals surface area (Å²) in [6.45, 7) is 1.73. The first kappa shape index (κ1) is 9.93. The topological polar surface area (TPSA) is 43.8 Å². The summed E-state index contributed by atoms with van der Waals surface area (Å²) in [6, 6.07) is 0.276. The molecule has 1 atom stereocenters. The van der Waals surface area contributed by atoms with Crippen molar-refractivity contribution in [2.24, 2.45) is 0 Å². The van der Waals surface area contributed by atoms with Crippen LogP contribution in [0.15, 0.2) is 0 Å². The molecule has 14 heavy (non-hydrogen) atoms. The van der Waals surface area contributed by atoms with E-state index in [1.54, 1.807) is 4.90 Å². The van der Waals surface area contributed by atoms with E-state index in [0.29, 0.717) is 6.04 Å². The predicted molar refractivity (Wildman–Crippen MR) is 52.9 cm³/mol. The second-order valence-corrected chi connectivity index (χ2v) is 4.28. The molecule has 4 nitrogen and oxygen atoms in total. The maximum Gasteiger partial charge on any atom is 0.242 e. The molecule has 1 aliphatic heterocycles.